The third-order valence-corrected chi connectivity index (χ3v) is 8.65. The molecule has 8 nitrogen and oxygen atoms in total. The summed E-state index contributed by atoms with van der Waals surface area (Å²) in [6, 6.07) is 29.7. The number of anilines is 1. The fourth-order valence-corrected chi connectivity index (χ4v) is 5.99. The van der Waals surface area contributed by atoms with Crippen LogP contribution in [0.4, 0.5) is 5.69 Å². The van der Waals surface area contributed by atoms with Gasteiger partial charge < -0.3 is 15.0 Å². The van der Waals surface area contributed by atoms with Gasteiger partial charge in [0.05, 0.1) is 10.6 Å². The number of para-hydroxylation sites is 1. The summed E-state index contributed by atoms with van der Waals surface area (Å²) < 4.78 is 34.8. The van der Waals surface area contributed by atoms with Crippen molar-refractivity contribution in [3.05, 3.63) is 120 Å². The molecule has 4 rings (SSSR count). The first kappa shape index (κ1) is 30.6. The molecular weight excluding hydrogens is 574 g/mol. The molecule has 2 amide bonds. The van der Waals surface area contributed by atoms with E-state index in [9.17, 15) is 18.0 Å². The molecule has 1 atom stereocenters. The van der Waals surface area contributed by atoms with Crippen LogP contribution in [0.5, 0.6) is 11.5 Å². The Morgan fingerprint density at radius 2 is 1.40 bits per heavy atom. The van der Waals surface area contributed by atoms with Crippen molar-refractivity contribution in [2.24, 2.45) is 0 Å². The maximum Gasteiger partial charge on any atom is 0.264 e. The lowest BCUT2D eigenvalue weighted by molar-refractivity contribution is -0.140. The molecule has 1 N–H and O–H groups in total. The number of hydrogen-bond donors (Lipinski definition) is 1. The molecule has 0 aliphatic rings. The van der Waals surface area contributed by atoms with Crippen molar-refractivity contribution < 1.29 is 22.7 Å². The Morgan fingerprint density at radius 3 is 1.98 bits per heavy atom. The van der Waals surface area contributed by atoms with Gasteiger partial charge in [0.15, 0.2) is 0 Å². The third kappa shape index (κ3) is 7.48. The van der Waals surface area contributed by atoms with Gasteiger partial charge in [-0.25, -0.2) is 8.42 Å². The number of benzene rings is 4. The summed E-state index contributed by atoms with van der Waals surface area (Å²) in [7, 11) is -2.66. The molecule has 0 bridgehead atoms. The molecule has 4 aromatic rings. The number of nitrogens with one attached hydrogen (secondary N) is 1. The molecule has 0 fully saturated rings. The van der Waals surface area contributed by atoms with Crippen molar-refractivity contribution in [1.82, 2.24) is 10.2 Å². The van der Waals surface area contributed by atoms with Crippen molar-refractivity contribution in [2.75, 3.05) is 17.9 Å². The summed E-state index contributed by atoms with van der Waals surface area (Å²) in [5.41, 5.74) is 1.02. The first-order chi connectivity index (χ1) is 20.2. The number of sulfonamides is 1. The van der Waals surface area contributed by atoms with E-state index in [0.29, 0.717) is 22.9 Å². The highest BCUT2D eigenvalue weighted by molar-refractivity contribution is 7.92. The molecule has 1 unspecified atom stereocenters. The fraction of sp³-hybridized carbons (Fsp3) is 0.188. The highest BCUT2D eigenvalue weighted by Crippen LogP contribution is 2.28. The zero-order valence-electron chi connectivity index (χ0n) is 23.3. The number of amides is 2. The Hall–Kier alpha value is -4.34. The normalized spacial score (nSPS) is 11.8. The van der Waals surface area contributed by atoms with E-state index < -0.39 is 28.5 Å². The molecular formula is C32H32ClN3O5S. The Balaban J connectivity index is 1.70. The van der Waals surface area contributed by atoms with Crippen LogP contribution in [0.25, 0.3) is 0 Å². The van der Waals surface area contributed by atoms with Gasteiger partial charge in [0, 0.05) is 18.6 Å². The maximum atomic E-state index is 14.0. The molecule has 0 radical (unpaired) electrons. The highest BCUT2D eigenvalue weighted by atomic mass is 35.5. The number of hydrogen-bond acceptors (Lipinski definition) is 5. The highest BCUT2D eigenvalue weighted by Gasteiger charge is 2.33. The predicted octanol–water partition coefficient (Wildman–Crippen LogP) is 5.88. The molecule has 42 heavy (non-hydrogen) atoms. The summed E-state index contributed by atoms with van der Waals surface area (Å²) in [5.74, 6) is 0.249. The van der Waals surface area contributed by atoms with Crippen LogP contribution >= 0.6 is 11.6 Å². The Morgan fingerprint density at radius 1 is 0.833 bits per heavy atom. The van der Waals surface area contributed by atoms with E-state index in [2.05, 4.69) is 5.32 Å². The largest absolute Gasteiger partial charge is 0.457 e. The summed E-state index contributed by atoms with van der Waals surface area (Å²) in [4.78, 5) is 28.3. The molecule has 0 heterocycles. The summed E-state index contributed by atoms with van der Waals surface area (Å²) >= 11 is 6.05. The van der Waals surface area contributed by atoms with Gasteiger partial charge in [-0.15, -0.1) is 0 Å². The lowest BCUT2D eigenvalue weighted by Crippen LogP contribution is -2.51. The fourth-order valence-electron chi connectivity index (χ4n) is 4.43. The average molecular weight is 606 g/mol. The van der Waals surface area contributed by atoms with E-state index >= 15 is 0 Å². The lowest BCUT2D eigenvalue weighted by Gasteiger charge is -2.33. The van der Waals surface area contributed by atoms with Gasteiger partial charge in [-0.3, -0.25) is 13.9 Å². The molecule has 0 saturated carbocycles. The molecule has 0 saturated heterocycles. The number of carbonyl (C=O) groups excluding carboxylic acids is 2. The molecule has 4 aromatic carbocycles. The first-order valence-corrected chi connectivity index (χ1v) is 15.2. The number of halogens is 1. The maximum absolute atomic E-state index is 14.0. The zero-order valence-corrected chi connectivity index (χ0v) is 24.9. The lowest BCUT2D eigenvalue weighted by atomic mass is 10.1. The van der Waals surface area contributed by atoms with Crippen molar-refractivity contribution in [3.63, 3.8) is 0 Å². The second-order valence-corrected chi connectivity index (χ2v) is 11.7. The zero-order chi connectivity index (χ0) is 30.1. The smallest absolute Gasteiger partial charge is 0.264 e. The number of carbonyl (C=O) groups is 2. The molecule has 0 aromatic heterocycles. The monoisotopic (exact) mass is 605 g/mol. The van der Waals surface area contributed by atoms with E-state index in [1.165, 1.54) is 24.1 Å². The van der Waals surface area contributed by atoms with Crippen molar-refractivity contribution >= 4 is 39.1 Å². The second-order valence-electron chi connectivity index (χ2n) is 9.42. The number of likely N-dealkylation sites (N-methyl/N-ethyl adjacent to an activating group) is 1. The second kappa shape index (κ2) is 14.0. The van der Waals surface area contributed by atoms with Crippen molar-refractivity contribution in [1.29, 1.82) is 0 Å². The van der Waals surface area contributed by atoms with E-state index in [1.807, 2.05) is 30.3 Å². The first-order valence-electron chi connectivity index (χ1n) is 13.4. The van der Waals surface area contributed by atoms with Crippen LogP contribution in [0, 0.1) is 0 Å². The van der Waals surface area contributed by atoms with E-state index in [0.717, 1.165) is 9.87 Å². The minimum atomic E-state index is -4.16. The van der Waals surface area contributed by atoms with Crippen LogP contribution < -0.4 is 14.4 Å². The Labute approximate surface area is 251 Å². The number of ether oxygens (including phenoxy) is 1. The van der Waals surface area contributed by atoms with Gasteiger partial charge in [0.2, 0.25) is 11.8 Å². The number of nitrogens with zero attached hydrogens (tertiary/aromatic N) is 2. The van der Waals surface area contributed by atoms with Crippen LogP contribution in [0.15, 0.2) is 114 Å². The van der Waals surface area contributed by atoms with E-state index in [-0.39, 0.29) is 23.0 Å². The van der Waals surface area contributed by atoms with E-state index in [1.54, 1.807) is 73.7 Å². The predicted molar refractivity (Wildman–Crippen MR) is 164 cm³/mol. The van der Waals surface area contributed by atoms with Crippen molar-refractivity contribution in [2.45, 2.75) is 30.8 Å². The van der Waals surface area contributed by atoms with Gasteiger partial charge in [0.25, 0.3) is 10.0 Å². The van der Waals surface area contributed by atoms with Crippen molar-refractivity contribution in [3.8, 4) is 11.5 Å². The Bertz CT molecular complexity index is 1580. The molecule has 0 aliphatic heterocycles. The van der Waals surface area contributed by atoms with Gasteiger partial charge in [-0.1, -0.05) is 67.1 Å². The van der Waals surface area contributed by atoms with Gasteiger partial charge >= 0.3 is 0 Å². The summed E-state index contributed by atoms with van der Waals surface area (Å²) in [6.07, 6.45) is 0.329. The molecule has 0 spiro atoms. The minimum Gasteiger partial charge on any atom is -0.457 e. The molecule has 10 heteroatoms. The van der Waals surface area contributed by atoms with E-state index in [4.69, 9.17) is 16.3 Å². The van der Waals surface area contributed by atoms with Crippen LogP contribution in [-0.4, -0.2) is 44.8 Å². The topological polar surface area (TPSA) is 96.0 Å². The van der Waals surface area contributed by atoms with Crippen LogP contribution in [0.2, 0.25) is 5.02 Å². The van der Waals surface area contributed by atoms with Gasteiger partial charge in [0.1, 0.15) is 24.1 Å². The SMILES string of the molecule is CCC(C(=O)NC)N(Cc1ccc(Cl)cc1)C(=O)CN(c1ccc(Oc2ccccc2)cc1)S(=O)(=O)c1ccccc1. The standard InChI is InChI=1S/C32H32ClN3O5S/c1-3-30(32(38)34-2)35(22-24-14-16-25(33)17-15-24)31(37)23-36(42(39,40)29-12-8-5-9-13-29)26-18-20-28(21-19-26)41-27-10-6-4-7-11-27/h4-21,30H,3,22-23H2,1-2H3,(H,34,38). The molecule has 0 aliphatic carbocycles. The quantitative estimate of drug-likeness (QED) is 0.218. The third-order valence-electron chi connectivity index (χ3n) is 6.61. The van der Waals surface area contributed by atoms with Gasteiger partial charge in [-0.05, 0) is 72.6 Å². The summed E-state index contributed by atoms with van der Waals surface area (Å²) in [5, 5.41) is 3.15. The average Bonchev–Trinajstić information content (AvgIpc) is 3.01. The molecule has 218 valence electrons. The van der Waals surface area contributed by atoms with Gasteiger partial charge in [-0.2, -0.15) is 0 Å². The van der Waals surface area contributed by atoms with Crippen LogP contribution in [0.3, 0.4) is 0 Å². The van der Waals surface area contributed by atoms with Crippen LogP contribution in [-0.2, 0) is 26.2 Å². The van der Waals surface area contributed by atoms with Crippen LogP contribution in [0.1, 0.15) is 18.9 Å². The summed E-state index contributed by atoms with van der Waals surface area (Å²) in [6.45, 7) is 1.36. The number of rotatable bonds is 12. The Kier molecular flexibility index (Phi) is 10.2. The minimum absolute atomic E-state index is 0.0324.